The van der Waals surface area contributed by atoms with Crippen LogP contribution in [-0.4, -0.2) is 60.7 Å². The Balaban J connectivity index is 1.49. The Morgan fingerprint density at radius 1 is 1.12 bits per heavy atom. The minimum atomic E-state index is 0.226. The van der Waals surface area contributed by atoms with E-state index < -0.39 is 0 Å². The minimum Gasteiger partial charge on any atom is -0.375 e. The van der Waals surface area contributed by atoms with Crippen LogP contribution in [0.25, 0.3) is 33.8 Å². The van der Waals surface area contributed by atoms with E-state index in [2.05, 4.69) is 56.7 Å². The lowest BCUT2D eigenvalue weighted by atomic mass is 9.79. The zero-order valence-electron chi connectivity index (χ0n) is 23.9. The quantitative estimate of drug-likeness (QED) is 0.211. The number of halogens is 1. The molecule has 1 aliphatic carbocycles. The van der Waals surface area contributed by atoms with Crippen LogP contribution in [0, 0.1) is 11.8 Å². The standard InChI is InChI=1S/C30H41ClN8O/c1-4-5-6-7-24-18-38(12-13-40-24)30-34-25-15-26(29-35-37-36-29)33-27(22-14-23(31)17-32-16-22)28(25)39(30)20(3)21-10-8-19(2)9-11-21/h14-17,19-21,24,37H,4-13,18H2,1-3H3,(H,35,36). The topological polar surface area (TPSA) is 101 Å². The Morgan fingerprint density at radius 2 is 1.95 bits per heavy atom. The lowest BCUT2D eigenvalue weighted by molar-refractivity contribution is 0.0327. The summed E-state index contributed by atoms with van der Waals surface area (Å²) in [6.07, 6.45) is 13.5. The molecule has 1 aliphatic heterocycles. The van der Waals surface area contributed by atoms with Crippen molar-refractivity contribution in [2.24, 2.45) is 11.8 Å². The van der Waals surface area contributed by atoms with Gasteiger partial charge in [0.05, 0.1) is 34.5 Å². The van der Waals surface area contributed by atoms with Gasteiger partial charge in [0.15, 0.2) is 5.82 Å². The fourth-order valence-corrected chi connectivity index (χ4v) is 6.67. The Labute approximate surface area is 241 Å². The van der Waals surface area contributed by atoms with E-state index in [1.165, 1.54) is 44.9 Å². The summed E-state index contributed by atoms with van der Waals surface area (Å²) in [6.45, 7) is 9.41. The van der Waals surface area contributed by atoms with E-state index in [9.17, 15) is 0 Å². The van der Waals surface area contributed by atoms with E-state index in [4.69, 9.17) is 26.3 Å². The second-order valence-corrected chi connectivity index (χ2v) is 12.2. The van der Waals surface area contributed by atoms with E-state index in [0.717, 1.165) is 66.0 Å². The first-order valence-electron chi connectivity index (χ1n) is 15.0. The number of hydrogen-bond donors (Lipinski definition) is 2. The smallest absolute Gasteiger partial charge is 0.207 e. The first kappa shape index (κ1) is 27.3. The molecule has 40 heavy (non-hydrogen) atoms. The van der Waals surface area contributed by atoms with Crippen molar-refractivity contribution in [2.45, 2.75) is 84.3 Å². The average Bonchev–Trinajstić information content (AvgIpc) is 3.32. The molecule has 2 unspecified atom stereocenters. The maximum atomic E-state index is 6.44. The summed E-state index contributed by atoms with van der Waals surface area (Å²) in [5.41, 5.74) is 4.41. The summed E-state index contributed by atoms with van der Waals surface area (Å²) in [5, 5.41) is 10.6. The SMILES string of the molecule is CCCCCC1CN(c2nc3cc(-c4n[nH][nH]4)nc(-c4cncc(Cl)c4)c3n2C(C)C2CCC(C)CC2)CCO1. The van der Waals surface area contributed by atoms with Crippen LogP contribution in [0.4, 0.5) is 5.95 Å². The van der Waals surface area contributed by atoms with Crippen molar-refractivity contribution >= 4 is 28.6 Å². The number of imidazole rings is 1. The van der Waals surface area contributed by atoms with Gasteiger partial charge in [-0.1, -0.05) is 57.6 Å². The van der Waals surface area contributed by atoms with Crippen LogP contribution >= 0.6 is 11.6 Å². The van der Waals surface area contributed by atoms with Gasteiger partial charge < -0.3 is 14.2 Å². The Bertz CT molecular complexity index is 1410. The first-order valence-corrected chi connectivity index (χ1v) is 15.4. The summed E-state index contributed by atoms with van der Waals surface area (Å²) in [5.74, 6) is 3.10. The average molecular weight is 565 g/mol. The molecule has 2 atom stereocenters. The molecule has 2 aliphatic rings. The van der Waals surface area contributed by atoms with E-state index in [1.54, 1.807) is 6.20 Å². The minimum absolute atomic E-state index is 0.226. The molecule has 0 aromatic carbocycles. The van der Waals surface area contributed by atoms with E-state index in [-0.39, 0.29) is 12.1 Å². The second-order valence-electron chi connectivity index (χ2n) is 11.8. The lowest BCUT2D eigenvalue weighted by Crippen LogP contribution is -2.44. The van der Waals surface area contributed by atoms with Crippen molar-refractivity contribution in [2.75, 3.05) is 24.6 Å². The highest BCUT2D eigenvalue weighted by Crippen LogP contribution is 2.42. The number of aromatic amines is 2. The number of fused-ring (bicyclic) bond motifs is 1. The monoisotopic (exact) mass is 564 g/mol. The second kappa shape index (κ2) is 11.9. The van der Waals surface area contributed by atoms with Crippen LogP contribution in [0.3, 0.4) is 0 Å². The molecule has 214 valence electrons. The van der Waals surface area contributed by atoms with Gasteiger partial charge >= 0.3 is 0 Å². The highest BCUT2D eigenvalue weighted by molar-refractivity contribution is 6.30. The third-order valence-corrected chi connectivity index (χ3v) is 9.12. The molecule has 6 rings (SSSR count). The number of pyridine rings is 2. The molecule has 4 aromatic heterocycles. The molecular formula is C30H41ClN8O. The fraction of sp³-hybridized carbons (Fsp3) is 0.600. The Morgan fingerprint density at radius 3 is 2.67 bits per heavy atom. The molecule has 1 saturated heterocycles. The highest BCUT2D eigenvalue weighted by Gasteiger charge is 2.32. The maximum absolute atomic E-state index is 6.44. The molecule has 10 heteroatoms. The van der Waals surface area contributed by atoms with Gasteiger partial charge in [-0.3, -0.25) is 10.1 Å². The molecule has 4 aromatic rings. The molecule has 1 saturated carbocycles. The molecule has 0 radical (unpaired) electrons. The van der Waals surface area contributed by atoms with Crippen LogP contribution in [0.5, 0.6) is 0 Å². The van der Waals surface area contributed by atoms with E-state index in [0.29, 0.717) is 16.8 Å². The number of morpholine rings is 1. The molecule has 2 N–H and O–H groups in total. The molecule has 0 bridgehead atoms. The zero-order chi connectivity index (χ0) is 27.6. The number of anilines is 1. The molecule has 5 heterocycles. The van der Waals surface area contributed by atoms with E-state index in [1.807, 2.05) is 12.3 Å². The van der Waals surface area contributed by atoms with Gasteiger partial charge in [-0.25, -0.2) is 15.2 Å². The van der Waals surface area contributed by atoms with Gasteiger partial charge in [-0.15, -0.1) is 5.10 Å². The van der Waals surface area contributed by atoms with Crippen molar-refractivity contribution < 1.29 is 4.74 Å². The summed E-state index contributed by atoms with van der Waals surface area (Å²) in [6, 6.07) is 4.27. The highest BCUT2D eigenvalue weighted by atomic mass is 35.5. The van der Waals surface area contributed by atoms with Gasteiger partial charge in [0.25, 0.3) is 0 Å². The summed E-state index contributed by atoms with van der Waals surface area (Å²) < 4.78 is 8.69. The van der Waals surface area contributed by atoms with Crippen LogP contribution in [-0.2, 0) is 4.74 Å². The van der Waals surface area contributed by atoms with Crippen molar-refractivity contribution in [1.82, 2.24) is 34.9 Å². The van der Waals surface area contributed by atoms with Crippen LogP contribution in [0.15, 0.2) is 24.5 Å². The maximum Gasteiger partial charge on any atom is 0.207 e. The van der Waals surface area contributed by atoms with Gasteiger partial charge in [0.1, 0.15) is 5.69 Å². The predicted molar refractivity (Wildman–Crippen MR) is 160 cm³/mol. The van der Waals surface area contributed by atoms with Crippen LogP contribution < -0.4 is 4.90 Å². The number of nitrogens with one attached hydrogen (secondary N) is 2. The molecule has 0 amide bonds. The number of hydrogen-bond acceptors (Lipinski definition) is 6. The van der Waals surface area contributed by atoms with Gasteiger partial charge in [0, 0.05) is 37.1 Å². The third kappa shape index (κ3) is 5.50. The number of ether oxygens (including phenoxy) is 1. The Kier molecular flexibility index (Phi) is 8.12. The van der Waals surface area contributed by atoms with Crippen molar-refractivity contribution in [3.63, 3.8) is 0 Å². The summed E-state index contributed by atoms with van der Waals surface area (Å²) in [7, 11) is 0. The Hall–Kier alpha value is -2.91. The summed E-state index contributed by atoms with van der Waals surface area (Å²) in [4.78, 5) is 17.3. The van der Waals surface area contributed by atoms with Gasteiger partial charge in [-0.2, -0.15) is 0 Å². The van der Waals surface area contributed by atoms with Crippen LogP contribution in [0.2, 0.25) is 5.02 Å². The normalized spacial score (nSPS) is 22.7. The first-order chi connectivity index (χ1) is 19.5. The van der Waals surface area contributed by atoms with Crippen molar-refractivity contribution in [3.8, 4) is 22.8 Å². The number of H-pyrrole nitrogens is 2. The molecule has 9 nitrogen and oxygen atoms in total. The van der Waals surface area contributed by atoms with Crippen molar-refractivity contribution in [3.05, 3.63) is 29.5 Å². The van der Waals surface area contributed by atoms with Crippen LogP contribution in [0.1, 0.15) is 78.2 Å². The largest absolute Gasteiger partial charge is 0.375 e. The molecule has 0 spiro atoms. The number of rotatable bonds is 9. The van der Waals surface area contributed by atoms with E-state index >= 15 is 0 Å². The number of aromatic nitrogens is 7. The number of unbranched alkanes of at least 4 members (excludes halogenated alkanes) is 2. The molecule has 2 fully saturated rings. The number of nitrogens with zero attached hydrogens (tertiary/aromatic N) is 6. The summed E-state index contributed by atoms with van der Waals surface area (Å²) >= 11 is 6.44. The third-order valence-electron chi connectivity index (χ3n) is 8.91. The fourth-order valence-electron chi connectivity index (χ4n) is 6.49. The van der Waals surface area contributed by atoms with Crippen molar-refractivity contribution in [1.29, 1.82) is 0 Å². The zero-order valence-corrected chi connectivity index (χ0v) is 24.6. The predicted octanol–water partition coefficient (Wildman–Crippen LogP) is 7.04. The van der Waals surface area contributed by atoms with Gasteiger partial charge in [-0.05, 0) is 50.2 Å². The lowest BCUT2D eigenvalue weighted by Gasteiger charge is -2.37. The van der Waals surface area contributed by atoms with Gasteiger partial charge in [0.2, 0.25) is 5.95 Å². The molecular weight excluding hydrogens is 524 g/mol.